The van der Waals surface area contributed by atoms with Gasteiger partial charge in [0.25, 0.3) is 0 Å². The van der Waals surface area contributed by atoms with Crippen LogP contribution < -0.4 is 10.2 Å². The summed E-state index contributed by atoms with van der Waals surface area (Å²) < 4.78 is 2.65. The number of hydrogen-bond donors (Lipinski definition) is 1. The lowest BCUT2D eigenvalue weighted by Gasteiger charge is -2.34. The molecule has 1 N–H and O–H groups in total. The van der Waals surface area contributed by atoms with Crippen molar-refractivity contribution < 1.29 is 4.79 Å². The van der Waals surface area contributed by atoms with Gasteiger partial charge in [-0.25, -0.2) is 0 Å². The molecule has 3 unspecified atom stereocenters. The number of rotatable bonds is 1. The number of nitrogens with one attached hydrogen (secondary N) is 1. The van der Waals surface area contributed by atoms with Crippen LogP contribution in [0, 0.1) is 5.92 Å². The van der Waals surface area contributed by atoms with Crippen molar-refractivity contribution in [2.75, 3.05) is 6.54 Å². The number of aryl methyl sites for hydroxylation is 1. The lowest BCUT2D eigenvalue weighted by molar-refractivity contribution is -0.122. The highest BCUT2D eigenvalue weighted by atomic mass is 32.1. The molecule has 3 atom stereocenters. The average Bonchev–Trinajstić information content (AvgIpc) is 2.97. The zero-order valence-corrected chi connectivity index (χ0v) is 13.5. The predicted octanol–water partition coefficient (Wildman–Crippen LogP) is 1.83. The monoisotopic (exact) mass is 317 g/mol. The van der Waals surface area contributed by atoms with E-state index in [1.807, 2.05) is 18.2 Å². The molecule has 0 radical (unpaired) electrons. The Hall–Kier alpha value is -1.66. The third-order valence-corrected chi connectivity index (χ3v) is 5.95. The molecule has 0 saturated carbocycles. The van der Waals surface area contributed by atoms with Gasteiger partial charge in [-0.2, -0.15) is 0 Å². The zero-order chi connectivity index (χ0) is 15.4. The third-order valence-electron chi connectivity index (χ3n) is 4.95. The number of piperidine rings is 1. The molecule has 3 heterocycles. The number of benzene rings is 1. The molecule has 22 heavy (non-hydrogen) atoms. The van der Waals surface area contributed by atoms with Crippen LogP contribution in [0.25, 0.3) is 10.2 Å². The number of hydrogen-bond acceptors (Lipinski definition) is 4. The Morgan fingerprint density at radius 3 is 2.95 bits per heavy atom. The number of carbonyl (C=O) groups is 1. The lowest BCUT2D eigenvalue weighted by atomic mass is 9.92. The SMILES string of the molecule is CC1CCN2C(C1)C(=O)NC2c1ccc2c(c1)sc(=O)n2C. The molecule has 1 amide bonds. The summed E-state index contributed by atoms with van der Waals surface area (Å²) in [6.45, 7) is 3.16. The summed E-state index contributed by atoms with van der Waals surface area (Å²) in [4.78, 5) is 26.4. The number of carbonyl (C=O) groups excluding carboxylic acids is 1. The second kappa shape index (κ2) is 4.93. The fourth-order valence-electron chi connectivity index (χ4n) is 3.64. The topological polar surface area (TPSA) is 54.3 Å². The molecule has 116 valence electrons. The molecule has 2 aliphatic rings. The van der Waals surface area contributed by atoms with Crippen LogP contribution in [0.3, 0.4) is 0 Å². The number of thiazole rings is 1. The van der Waals surface area contributed by atoms with Gasteiger partial charge < -0.3 is 9.88 Å². The Balaban J connectivity index is 1.72. The normalized spacial score (nSPS) is 28.8. The van der Waals surface area contributed by atoms with Crippen LogP contribution in [0.15, 0.2) is 23.0 Å². The maximum absolute atomic E-state index is 12.3. The Labute approximate surface area is 132 Å². The van der Waals surface area contributed by atoms with Gasteiger partial charge in [0.2, 0.25) is 5.91 Å². The third kappa shape index (κ3) is 2.01. The molecule has 2 fully saturated rings. The van der Waals surface area contributed by atoms with Crippen LogP contribution in [0.4, 0.5) is 0 Å². The molecule has 2 saturated heterocycles. The van der Waals surface area contributed by atoms with Gasteiger partial charge in [-0.1, -0.05) is 24.3 Å². The first-order valence-electron chi connectivity index (χ1n) is 7.70. The van der Waals surface area contributed by atoms with E-state index in [-0.39, 0.29) is 23.0 Å². The summed E-state index contributed by atoms with van der Waals surface area (Å²) in [5.74, 6) is 0.741. The molecule has 2 aliphatic heterocycles. The molecule has 1 aromatic carbocycles. The van der Waals surface area contributed by atoms with Crippen LogP contribution in [-0.4, -0.2) is 28.0 Å². The van der Waals surface area contributed by atoms with Crippen molar-refractivity contribution in [2.24, 2.45) is 13.0 Å². The van der Waals surface area contributed by atoms with Gasteiger partial charge in [-0.3, -0.25) is 14.5 Å². The van der Waals surface area contributed by atoms with Crippen molar-refractivity contribution in [3.05, 3.63) is 33.4 Å². The molecule has 6 heteroatoms. The summed E-state index contributed by atoms with van der Waals surface area (Å²) in [5.41, 5.74) is 2.02. The van der Waals surface area contributed by atoms with Gasteiger partial charge in [0.05, 0.1) is 16.3 Å². The predicted molar refractivity (Wildman–Crippen MR) is 86.8 cm³/mol. The summed E-state index contributed by atoms with van der Waals surface area (Å²) in [7, 11) is 1.79. The maximum atomic E-state index is 12.3. The minimum atomic E-state index is -0.0584. The smallest absolute Gasteiger partial charge is 0.307 e. The quantitative estimate of drug-likeness (QED) is 0.873. The van der Waals surface area contributed by atoms with Gasteiger partial charge in [0.1, 0.15) is 6.17 Å². The van der Waals surface area contributed by atoms with Crippen molar-refractivity contribution in [3.63, 3.8) is 0 Å². The number of aromatic nitrogens is 1. The van der Waals surface area contributed by atoms with E-state index in [9.17, 15) is 9.59 Å². The highest BCUT2D eigenvalue weighted by Gasteiger charge is 2.43. The molecular formula is C16H19N3O2S. The van der Waals surface area contributed by atoms with Gasteiger partial charge in [-0.05, 0) is 36.5 Å². The summed E-state index contributed by atoms with van der Waals surface area (Å²) in [6.07, 6.45) is 2.00. The molecule has 0 aliphatic carbocycles. The molecule has 5 nitrogen and oxygen atoms in total. The largest absolute Gasteiger partial charge is 0.335 e. The van der Waals surface area contributed by atoms with Crippen molar-refractivity contribution >= 4 is 27.5 Å². The van der Waals surface area contributed by atoms with E-state index in [1.54, 1.807) is 11.6 Å². The highest BCUT2D eigenvalue weighted by molar-refractivity contribution is 7.16. The fraction of sp³-hybridized carbons (Fsp3) is 0.500. The molecule has 4 rings (SSSR count). The van der Waals surface area contributed by atoms with Crippen molar-refractivity contribution in [1.82, 2.24) is 14.8 Å². The summed E-state index contributed by atoms with van der Waals surface area (Å²) in [6, 6.07) is 6.06. The standard InChI is InChI=1S/C16H19N3O2S/c1-9-5-6-19-12(7-9)15(20)17-14(19)10-3-4-11-13(8-10)22-16(21)18(11)2/h3-4,8-9,12,14H,5-7H2,1-2H3,(H,17,20). The molecule has 2 aromatic rings. The first-order valence-corrected chi connectivity index (χ1v) is 8.52. The lowest BCUT2D eigenvalue weighted by Crippen LogP contribution is -2.41. The first kappa shape index (κ1) is 14.0. The maximum Gasteiger partial charge on any atom is 0.307 e. The van der Waals surface area contributed by atoms with Crippen LogP contribution in [0.1, 0.15) is 31.5 Å². The minimum Gasteiger partial charge on any atom is -0.335 e. The van der Waals surface area contributed by atoms with Gasteiger partial charge in [0.15, 0.2) is 0 Å². The average molecular weight is 317 g/mol. The fourth-order valence-corrected chi connectivity index (χ4v) is 4.56. The second-order valence-electron chi connectivity index (χ2n) is 6.45. The van der Waals surface area contributed by atoms with Crippen molar-refractivity contribution in [3.8, 4) is 0 Å². The second-order valence-corrected chi connectivity index (χ2v) is 7.44. The van der Waals surface area contributed by atoms with Gasteiger partial charge >= 0.3 is 4.87 Å². The molecule has 0 spiro atoms. The van der Waals surface area contributed by atoms with E-state index in [4.69, 9.17) is 0 Å². The number of nitrogens with zero attached hydrogens (tertiary/aromatic N) is 2. The van der Waals surface area contributed by atoms with E-state index in [2.05, 4.69) is 17.1 Å². The Morgan fingerprint density at radius 1 is 1.32 bits per heavy atom. The van der Waals surface area contributed by atoms with E-state index in [0.717, 1.165) is 35.2 Å². The minimum absolute atomic E-state index is 0.000960. The highest BCUT2D eigenvalue weighted by Crippen LogP contribution is 2.35. The van der Waals surface area contributed by atoms with Gasteiger partial charge in [-0.15, -0.1) is 0 Å². The molecular weight excluding hydrogens is 298 g/mol. The molecule has 1 aromatic heterocycles. The Morgan fingerprint density at radius 2 is 2.14 bits per heavy atom. The van der Waals surface area contributed by atoms with E-state index < -0.39 is 0 Å². The van der Waals surface area contributed by atoms with Crippen molar-refractivity contribution in [2.45, 2.75) is 32.0 Å². The number of fused-ring (bicyclic) bond motifs is 2. The molecule has 0 bridgehead atoms. The van der Waals surface area contributed by atoms with Crippen LogP contribution in [0.5, 0.6) is 0 Å². The van der Waals surface area contributed by atoms with Crippen molar-refractivity contribution in [1.29, 1.82) is 0 Å². The van der Waals surface area contributed by atoms with Crippen LogP contribution in [0.2, 0.25) is 0 Å². The number of amides is 1. The van der Waals surface area contributed by atoms with E-state index in [0.29, 0.717) is 5.92 Å². The zero-order valence-electron chi connectivity index (χ0n) is 12.7. The van der Waals surface area contributed by atoms with E-state index in [1.165, 1.54) is 11.3 Å². The van der Waals surface area contributed by atoms with E-state index >= 15 is 0 Å². The van der Waals surface area contributed by atoms with Crippen LogP contribution in [-0.2, 0) is 11.8 Å². The van der Waals surface area contributed by atoms with Crippen LogP contribution >= 0.6 is 11.3 Å². The Bertz CT molecular complexity index is 809. The van der Waals surface area contributed by atoms with Gasteiger partial charge in [0, 0.05) is 13.6 Å². The summed E-state index contributed by atoms with van der Waals surface area (Å²) >= 11 is 1.26. The first-order chi connectivity index (χ1) is 10.5. The summed E-state index contributed by atoms with van der Waals surface area (Å²) in [5, 5.41) is 3.13. The Kier molecular flexibility index (Phi) is 3.13.